The van der Waals surface area contributed by atoms with Crippen molar-refractivity contribution in [2.75, 3.05) is 11.9 Å². The fourth-order valence-electron chi connectivity index (χ4n) is 4.71. The Labute approximate surface area is 258 Å². The fraction of sp³-hybridized carbons (Fsp3) is 0.250. The molecule has 8 nitrogen and oxygen atoms in total. The molecule has 1 heterocycles. The Morgan fingerprint density at radius 3 is 2.41 bits per heavy atom. The van der Waals surface area contributed by atoms with Crippen LogP contribution >= 0.6 is 12.2 Å². The van der Waals surface area contributed by atoms with Gasteiger partial charge in [0.2, 0.25) is 5.91 Å². The zero-order valence-electron chi connectivity index (χ0n) is 24.1. The van der Waals surface area contributed by atoms with Gasteiger partial charge in [0.1, 0.15) is 5.75 Å². The Balaban J connectivity index is 1.49. The van der Waals surface area contributed by atoms with Gasteiger partial charge in [0.15, 0.2) is 5.11 Å². The van der Waals surface area contributed by atoms with E-state index in [-0.39, 0.29) is 41.8 Å². The molecule has 0 unspecified atom stereocenters. The van der Waals surface area contributed by atoms with Gasteiger partial charge in [-0.15, -0.1) is 0 Å². The van der Waals surface area contributed by atoms with E-state index in [1.807, 2.05) is 16.7 Å². The Bertz CT molecular complexity index is 1640. The maximum Gasteiger partial charge on any atom is 0.416 e. The number of aromatic nitrogens is 2. The minimum absolute atomic E-state index is 0.0207. The van der Waals surface area contributed by atoms with Crippen LogP contribution < -0.4 is 10.6 Å². The van der Waals surface area contributed by atoms with Gasteiger partial charge in [-0.1, -0.05) is 30.3 Å². The first-order chi connectivity index (χ1) is 20.8. The van der Waals surface area contributed by atoms with Crippen LogP contribution in [0.2, 0.25) is 0 Å². The summed E-state index contributed by atoms with van der Waals surface area (Å²) >= 11 is 5.63. The predicted octanol–water partition coefficient (Wildman–Crippen LogP) is 5.86. The molecule has 3 N–H and O–H groups in total. The van der Waals surface area contributed by atoms with Crippen molar-refractivity contribution in [1.29, 1.82) is 5.26 Å². The molecule has 12 heteroatoms. The highest BCUT2D eigenvalue weighted by Gasteiger charge is 2.34. The number of halogens is 3. The molecule has 0 saturated carbocycles. The first kappa shape index (κ1) is 32.0. The molecule has 0 radical (unpaired) electrons. The molecular formula is C32H31F3N6O2S. The number of carbonyl (C=O) groups is 1. The van der Waals surface area contributed by atoms with Gasteiger partial charge in [-0.3, -0.25) is 4.79 Å². The van der Waals surface area contributed by atoms with E-state index in [0.717, 1.165) is 11.6 Å². The number of nitrogens with one attached hydrogen (secondary N) is 2. The smallest absolute Gasteiger partial charge is 0.416 e. The van der Waals surface area contributed by atoms with Crippen molar-refractivity contribution in [3.63, 3.8) is 0 Å². The normalized spacial score (nSPS) is 11.5. The molecule has 0 aliphatic heterocycles. The molecule has 44 heavy (non-hydrogen) atoms. The van der Waals surface area contributed by atoms with Gasteiger partial charge in [-0.25, -0.2) is 4.98 Å². The van der Waals surface area contributed by atoms with Crippen LogP contribution in [0.3, 0.4) is 0 Å². The van der Waals surface area contributed by atoms with Gasteiger partial charge in [0, 0.05) is 37.2 Å². The van der Waals surface area contributed by atoms with E-state index in [1.54, 1.807) is 55.5 Å². The maximum absolute atomic E-state index is 13.8. The van der Waals surface area contributed by atoms with Gasteiger partial charge < -0.3 is 25.2 Å². The second kappa shape index (κ2) is 13.6. The quantitative estimate of drug-likeness (QED) is 0.151. The number of hydrogen-bond donors (Lipinski definition) is 3. The van der Waals surface area contributed by atoms with Crippen LogP contribution in [-0.2, 0) is 30.5 Å². The molecule has 3 aromatic carbocycles. The van der Waals surface area contributed by atoms with Crippen molar-refractivity contribution in [1.82, 2.24) is 19.8 Å². The van der Waals surface area contributed by atoms with Crippen LogP contribution in [-0.4, -0.2) is 42.7 Å². The number of amides is 1. The summed E-state index contributed by atoms with van der Waals surface area (Å²) in [7, 11) is 0. The standard InChI is InChI=1S/C32H31F3N6O2S/c1-31(2,39-29(43)15-26-17-37-21-41(26)18-23-9-7-22(16-36)8-10-23)20-40(30(44)38-25-11-13-27(42)14-12-25)19-24-5-3-4-6-28(24)32(33,34)35/h3-14,17,21,42H,15,18-20H2,1-2H3,(H,38,44)(H,39,43). The Hall–Kier alpha value is -4.89. The van der Waals surface area contributed by atoms with E-state index in [1.165, 1.54) is 30.3 Å². The second-order valence-corrected chi connectivity index (χ2v) is 11.3. The topological polar surface area (TPSA) is 106 Å². The molecule has 1 amide bonds. The third-order valence-electron chi connectivity index (χ3n) is 6.73. The van der Waals surface area contributed by atoms with Crippen molar-refractivity contribution in [3.8, 4) is 11.8 Å². The summed E-state index contributed by atoms with van der Waals surface area (Å²) in [6.07, 6.45) is -1.31. The molecule has 4 rings (SSSR count). The lowest BCUT2D eigenvalue weighted by Crippen LogP contribution is -2.53. The predicted molar refractivity (Wildman–Crippen MR) is 165 cm³/mol. The van der Waals surface area contributed by atoms with Crippen LogP contribution in [0.25, 0.3) is 0 Å². The number of hydrogen-bond acceptors (Lipinski definition) is 5. The van der Waals surface area contributed by atoms with E-state index in [4.69, 9.17) is 17.5 Å². The molecule has 0 aliphatic rings. The summed E-state index contributed by atoms with van der Waals surface area (Å²) < 4.78 is 43.3. The van der Waals surface area contributed by atoms with Crippen LogP contribution in [0.4, 0.5) is 18.9 Å². The number of rotatable bonds is 10. The van der Waals surface area contributed by atoms with Crippen molar-refractivity contribution in [3.05, 3.63) is 113 Å². The molecule has 4 aromatic rings. The van der Waals surface area contributed by atoms with Gasteiger partial charge in [-0.05, 0) is 79.7 Å². The van der Waals surface area contributed by atoms with Crippen LogP contribution in [0.15, 0.2) is 85.3 Å². The minimum atomic E-state index is -4.56. The number of imidazole rings is 1. The van der Waals surface area contributed by atoms with Gasteiger partial charge in [0.05, 0.1) is 35.5 Å². The highest BCUT2D eigenvalue weighted by molar-refractivity contribution is 7.80. The molecular weight excluding hydrogens is 589 g/mol. The van der Waals surface area contributed by atoms with Crippen LogP contribution in [0, 0.1) is 11.3 Å². The van der Waals surface area contributed by atoms with Crippen LogP contribution in [0.1, 0.15) is 41.8 Å². The monoisotopic (exact) mass is 620 g/mol. The summed E-state index contributed by atoms with van der Waals surface area (Å²) in [5.41, 5.74) is 1.05. The molecule has 228 valence electrons. The zero-order valence-corrected chi connectivity index (χ0v) is 24.9. The minimum Gasteiger partial charge on any atom is -0.508 e. The molecule has 0 spiro atoms. The number of thiocarbonyl (C=S) groups is 1. The number of alkyl halides is 3. The van der Waals surface area contributed by atoms with E-state index in [0.29, 0.717) is 23.5 Å². The number of nitriles is 1. The molecule has 0 aliphatic carbocycles. The summed E-state index contributed by atoms with van der Waals surface area (Å²) in [6, 6.07) is 20.6. The zero-order chi connectivity index (χ0) is 31.9. The second-order valence-electron chi connectivity index (χ2n) is 10.9. The Morgan fingerprint density at radius 2 is 1.75 bits per heavy atom. The largest absolute Gasteiger partial charge is 0.508 e. The SMILES string of the molecule is CC(C)(CN(Cc1ccccc1C(F)(F)F)C(=S)Nc1ccc(O)cc1)NC(=O)Cc1cncn1Cc1ccc(C#N)cc1. The Morgan fingerprint density at radius 1 is 1.07 bits per heavy atom. The van der Waals surface area contributed by atoms with Gasteiger partial charge in [-0.2, -0.15) is 18.4 Å². The number of carbonyl (C=O) groups excluding carboxylic acids is 1. The van der Waals surface area contributed by atoms with E-state index >= 15 is 0 Å². The van der Waals surface area contributed by atoms with E-state index < -0.39 is 17.3 Å². The number of aromatic hydroxyl groups is 1. The lowest BCUT2D eigenvalue weighted by molar-refractivity contribution is -0.138. The molecule has 1 aromatic heterocycles. The highest BCUT2D eigenvalue weighted by atomic mass is 32.1. The van der Waals surface area contributed by atoms with E-state index in [9.17, 15) is 23.1 Å². The first-order valence-corrected chi connectivity index (χ1v) is 14.0. The third-order valence-corrected chi connectivity index (χ3v) is 7.09. The fourth-order valence-corrected chi connectivity index (χ4v) is 4.96. The average molecular weight is 621 g/mol. The molecule has 0 fully saturated rings. The molecule has 0 atom stereocenters. The maximum atomic E-state index is 13.8. The first-order valence-electron chi connectivity index (χ1n) is 13.6. The van der Waals surface area contributed by atoms with Crippen molar-refractivity contribution >= 4 is 28.9 Å². The van der Waals surface area contributed by atoms with Crippen molar-refractivity contribution in [2.24, 2.45) is 0 Å². The third kappa shape index (κ3) is 8.81. The number of anilines is 1. The van der Waals surface area contributed by atoms with Crippen molar-refractivity contribution < 1.29 is 23.1 Å². The molecule has 0 bridgehead atoms. The van der Waals surface area contributed by atoms with E-state index in [2.05, 4.69) is 21.7 Å². The number of benzene rings is 3. The van der Waals surface area contributed by atoms with Crippen molar-refractivity contribution in [2.45, 2.75) is 45.1 Å². The lowest BCUT2D eigenvalue weighted by atomic mass is 10.0. The summed E-state index contributed by atoms with van der Waals surface area (Å²) in [6.45, 7) is 3.91. The number of phenols is 1. The Kier molecular flexibility index (Phi) is 9.90. The average Bonchev–Trinajstić information content (AvgIpc) is 3.39. The van der Waals surface area contributed by atoms with Crippen LogP contribution in [0.5, 0.6) is 5.75 Å². The number of phenolic OH excluding ortho intramolecular Hbond substituents is 1. The lowest BCUT2D eigenvalue weighted by Gasteiger charge is -2.35. The summed E-state index contributed by atoms with van der Waals surface area (Å²) in [5.74, 6) is -0.246. The van der Waals surface area contributed by atoms with Gasteiger partial charge in [0.25, 0.3) is 0 Å². The summed E-state index contributed by atoms with van der Waals surface area (Å²) in [4.78, 5) is 19.0. The summed E-state index contributed by atoms with van der Waals surface area (Å²) in [5, 5.41) is 24.8. The number of nitrogens with zero attached hydrogens (tertiary/aromatic N) is 4. The molecule has 0 saturated heterocycles. The highest BCUT2D eigenvalue weighted by Crippen LogP contribution is 2.32. The van der Waals surface area contributed by atoms with Gasteiger partial charge >= 0.3 is 6.18 Å².